The van der Waals surface area contributed by atoms with Crippen molar-refractivity contribution < 1.29 is 8.42 Å². The van der Waals surface area contributed by atoms with E-state index in [1.807, 2.05) is 6.92 Å². The molecule has 4 heteroatoms. The molecule has 1 unspecified atom stereocenters. The van der Waals surface area contributed by atoms with Gasteiger partial charge in [-0.2, -0.15) is 0 Å². The highest BCUT2D eigenvalue weighted by molar-refractivity contribution is 7.90. The number of sulfonamides is 1. The van der Waals surface area contributed by atoms with Gasteiger partial charge in [0.05, 0.1) is 5.25 Å². The summed E-state index contributed by atoms with van der Waals surface area (Å²) in [6.07, 6.45) is 2.22. The smallest absolute Gasteiger partial charge is 0.215 e. The van der Waals surface area contributed by atoms with Gasteiger partial charge in [0.25, 0.3) is 0 Å². The molecule has 0 rings (SSSR count). The van der Waals surface area contributed by atoms with Crippen LogP contribution in [-0.4, -0.2) is 20.2 Å². The Balaban J connectivity index is 4.11. The van der Waals surface area contributed by atoms with Crippen LogP contribution < -0.4 is 4.72 Å². The monoisotopic (exact) mass is 177 g/mol. The second-order valence-electron chi connectivity index (χ2n) is 2.38. The van der Waals surface area contributed by atoms with Crippen molar-refractivity contribution in [2.24, 2.45) is 0 Å². The predicted octanol–water partition coefficient (Wildman–Crippen LogP) is 0.890. The minimum absolute atomic E-state index is 0.501. The Labute approximate surface area is 68.5 Å². The minimum atomic E-state index is -3.14. The van der Waals surface area contributed by atoms with Gasteiger partial charge in [-0.1, -0.05) is 13.0 Å². The van der Waals surface area contributed by atoms with Crippen LogP contribution in [0.4, 0.5) is 0 Å². The molecule has 0 aromatic heterocycles. The molecular formula is C7H15NO2S. The Morgan fingerprint density at radius 2 is 2.18 bits per heavy atom. The zero-order valence-electron chi connectivity index (χ0n) is 7.00. The number of hydrogen-bond acceptors (Lipinski definition) is 2. The fourth-order valence-corrected chi connectivity index (χ4v) is 1.51. The van der Waals surface area contributed by atoms with Crippen LogP contribution in [0.5, 0.6) is 0 Å². The van der Waals surface area contributed by atoms with E-state index in [1.54, 1.807) is 6.92 Å². The second-order valence-corrected chi connectivity index (χ2v) is 4.50. The minimum Gasteiger partial charge on any atom is -0.215 e. The maximum Gasteiger partial charge on any atom is 0.217 e. The first-order chi connectivity index (χ1) is 5.04. The summed E-state index contributed by atoms with van der Waals surface area (Å²) in [5.74, 6) is 0. The van der Waals surface area contributed by atoms with Crippen molar-refractivity contribution >= 4 is 10.0 Å². The van der Waals surface area contributed by atoms with Gasteiger partial charge < -0.3 is 0 Å². The first-order valence-corrected chi connectivity index (χ1v) is 5.20. The van der Waals surface area contributed by atoms with Crippen LogP contribution >= 0.6 is 0 Å². The Morgan fingerprint density at radius 1 is 1.64 bits per heavy atom. The lowest BCUT2D eigenvalue weighted by Gasteiger charge is -2.08. The molecule has 1 N–H and O–H groups in total. The van der Waals surface area contributed by atoms with Gasteiger partial charge in [0, 0.05) is 6.54 Å². The van der Waals surface area contributed by atoms with E-state index >= 15 is 0 Å². The van der Waals surface area contributed by atoms with Crippen LogP contribution in [0.15, 0.2) is 12.7 Å². The molecule has 66 valence electrons. The quantitative estimate of drug-likeness (QED) is 0.634. The zero-order valence-corrected chi connectivity index (χ0v) is 7.82. The van der Waals surface area contributed by atoms with Crippen molar-refractivity contribution in [1.29, 1.82) is 0 Å². The van der Waals surface area contributed by atoms with E-state index in [2.05, 4.69) is 11.3 Å². The Kier molecular flexibility index (Phi) is 4.37. The number of rotatable bonds is 5. The molecule has 0 bridgehead atoms. The van der Waals surface area contributed by atoms with Crippen LogP contribution in [0.25, 0.3) is 0 Å². The van der Waals surface area contributed by atoms with Gasteiger partial charge in [-0.15, -0.1) is 6.58 Å². The molecule has 0 radical (unpaired) electrons. The molecule has 0 saturated heterocycles. The molecule has 0 heterocycles. The van der Waals surface area contributed by atoms with E-state index in [-0.39, 0.29) is 0 Å². The lowest BCUT2D eigenvalue weighted by molar-refractivity contribution is 0.575. The molecular weight excluding hydrogens is 162 g/mol. The van der Waals surface area contributed by atoms with Crippen molar-refractivity contribution in [3.63, 3.8) is 0 Å². The van der Waals surface area contributed by atoms with E-state index in [0.29, 0.717) is 6.54 Å². The van der Waals surface area contributed by atoms with E-state index < -0.39 is 15.3 Å². The van der Waals surface area contributed by atoms with Gasteiger partial charge in [-0.05, 0) is 13.3 Å². The highest BCUT2D eigenvalue weighted by atomic mass is 32.2. The van der Waals surface area contributed by atoms with Gasteiger partial charge in [-0.3, -0.25) is 0 Å². The topological polar surface area (TPSA) is 46.2 Å². The first kappa shape index (κ1) is 10.7. The summed E-state index contributed by atoms with van der Waals surface area (Å²) in [6.45, 7) is 7.44. The first-order valence-electron chi connectivity index (χ1n) is 3.65. The zero-order chi connectivity index (χ0) is 8.91. The van der Waals surface area contributed by atoms with E-state index in [1.165, 1.54) is 6.08 Å². The van der Waals surface area contributed by atoms with Crippen molar-refractivity contribution in [1.82, 2.24) is 4.72 Å². The van der Waals surface area contributed by atoms with Gasteiger partial charge >= 0.3 is 0 Å². The lowest BCUT2D eigenvalue weighted by atomic mass is 10.5. The standard InChI is InChI=1S/C7H15NO2S/c1-4-6-8-11(9,10)7(3)5-2/h5,7-8H,2,4,6H2,1,3H3. The van der Waals surface area contributed by atoms with Gasteiger partial charge in [0.1, 0.15) is 0 Å². The molecule has 0 aromatic carbocycles. The normalized spacial score (nSPS) is 14.4. The maximum absolute atomic E-state index is 11.1. The number of nitrogens with one attached hydrogen (secondary N) is 1. The third-order valence-electron chi connectivity index (χ3n) is 1.37. The summed E-state index contributed by atoms with van der Waals surface area (Å²) in [7, 11) is -3.14. The van der Waals surface area contributed by atoms with Crippen molar-refractivity contribution in [2.75, 3.05) is 6.54 Å². The van der Waals surface area contributed by atoms with Gasteiger partial charge in [0.2, 0.25) is 10.0 Å². The molecule has 0 fully saturated rings. The fraction of sp³-hybridized carbons (Fsp3) is 0.714. The Morgan fingerprint density at radius 3 is 2.55 bits per heavy atom. The third kappa shape index (κ3) is 3.53. The van der Waals surface area contributed by atoms with Crippen LogP contribution in [0.2, 0.25) is 0 Å². The molecule has 0 aromatic rings. The second kappa shape index (κ2) is 4.51. The van der Waals surface area contributed by atoms with Crippen LogP contribution in [-0.2, 0) is 10.0 Å². The predicted molar refractivity (Wildman–Crippen MR) is 46.9 cm³/mol. The van der Waals surface area contributed by atoms with Crippen LogP contribution in [0.1, 0.15) is 20.3 Å². The molecule has 0 aliphatic carbocycles. The molecule has 11 heavy (non-hydrogen) atoms. The van der Waals surface area contributed by atoms with Crippen molar-refractivity contribution in [3.8, 4) is 0 Å². The molecule has 0 saturated carbocycles. The Hall–Kier alpha value is -0.350. The fourth-order valence-electron chi connectivity index (χ4n) is 0.502. The lowest BCUT2D eigenvalue weighted by Crippen LogP contribution is -2.31. The van der Waals surface area contributed by atoms with E-state index in [9.17, 15) is 8.42 Å². The van der Waals surface area contributed by atoms with Crippen molar-refractivity contribution in [3.05, 3.63) is 12.7 Å². The van der Waals surface area contributed by atoms with Crippen LogP contribution in [0.3, 0.4) is 0 Å². The summed E-state index contributed by atoms with van der Waals surface area (Å²) in [5.41, 5.74) is 0. The molecule has 1 atom stereocenters. The SMILES string of the molecule is C=CC(C)S(=O)(=O)NCCC. The summed E-state index contributed by atoms with van der Waals surface area (Å²) in [5, 5.41) is -0.506. The highest BCUT2D eigenvalue weighted by Crippen LogP contribution is 1.97. The van der Waals surface area contributed by atoms with Crippen molar-refractivity contribution in [2.45, 2.75) is 25.5 Å². The van der Waals surface area contributed by atoms with E-state index in [0.717, 1.165) is 6.42 Å². The third-order valence-corrected chi connectivity index (χ3v) is 3.15. The van der Waals surface area contributed by atoms with Gasteiger partial charge in [-0.25, -0.2) is 13.1 Å². The van der Waals surface area contributed by atoms with E-state index in [4.69, 9.17) is 0 Å². The Bertz CT molecular complexity index is 208. The summed E-state index contributed by atoms with van der Waals surface area (Å²) in [4.78, 5) is 0. The van der Waals surface area contributed by atoms with Crippen LogP contribution in [0, 0.1) is 0 Å². The highest BCUT2D eigenvalue weighted by Gasteiger charge is 2.15. The molecule has 0 aliphatic rings. The average molecular weight is 177 g/mol. The van der Waals surface area contributed by atoms with Gasteiger partial charge in [0.15, 0.2) is 0 Å². The molecule has 0 aliphatic heterocycles. The molecule has 0 amide bonds. The summed E-state index contributed by atoms with van der Waals surface area (Å²) >= 11 is 0. The maximum atomic E-state index is 11.1. The molecule has 0 spiro atoms. The number of hydrogen-bond donors (Lipinski definition) is 1. The summed E-state index contributed by atoms with van der Waals surface area (Å²) < 4.78 is 24.7. The largest absolute Gasteiger partial charge is 0.217 e. The molecule has 3 nitrogen and oxygen atoms in total. The average Bonchev–Trinajstić information content (AvgIpc) is 1.99. The summed E-state index contributed by atoms with van der Waals surface area (Å²) in [6, 6.07) is 0.